The monoisotopic (exact) mass is 281 g/mol. The highest BCUT2D eigenvalue weighted by molar-refractivity contribution is 5.70. The summed E-state index contributed by atoms with van der Waals surface area (Å²) in [4.78, 5) is 6.78. The fourth-order valence-corrected chi connectivity index (χ4v) is 3.04. The molecule has 3 heteroatoms. The number of fused-ring (bicyclic) bond motifs is 1. The van der Waals surface area contributed by atoms with Gasteiger partial charge in [0, 0.05) is 25.0 Å². The van der Waals surface area contributed by atoms with Gasteiger partial charge in [-0.15, -0.1) is 0 Å². The first-order valence-electron chi connectivity index (χ1n) is 7.80. The molecule has 2 heterocycles. The van der Waals surface area contributed by atoms with Gasteiger partial charge >= 0.3 is 0 Å². The summed E-state index contributed by atoms with van der Waals surface area (Å²) in [6.45, 7) is 7.25. The van der Waals surface area contributed by atoms with Crippen molar-refractivity contribution in [2.24, 2.45) is 0 Å². The summed E-state index contributed by atoms with van der Waals surface area (Å²) in [5, 5.41) is 3.42. The number of benzene rings is 1. The lowest BCUT2D eigenvalue weighted by Crippen LogP contribution is -2.26. The van der Waals surface area contributed by atoms with Crippen LogP contribution in [-0.2, 0) is 13.0 Å². The Morgan fingerprint density at radius 1 is 1.24 bits per heavy atom. The van der Waals surface area contributed by atoms with Crippen molar-refractivity contribution in [1.29, 1.82) is 0 Å². The fourth-order valence-electron chi connectivity index (χ4n) is 3.04. The summed E-state index contributed by atoms with van der Waals surface area (Å²) in [6.07, 6.45) is 6.26. The number of hydrogen-bond donors (Lipinski definition) is 1. The Morgan fingerprint density at radius 3 is 3.00 bits per heavy atom. The Morgan fingerprint density at radius 2 is 2.14 bits per heavy atom. The maximum absolute atomic E-state index is 4.35. The van der Waals surface area contributed by atoms with Crippen LogP contribution in [0.2, 0.25) is 0 Å². The highest BCUT2D eigenvalue weighted by Gasteiger charge is 2.20. The number of rotatable bonds is 4. The van der Waals surface area contributed by atoms with Gasteiger partial charge in [0.25, 0.3) is 0 Å². The Hall–Kier alpha value is -1.87. The zero-order chi connectivity index (χ0) is 14.7. The second-order valence-electron chi connectivity index (χ2n) is 5.67. The summed E-state index contributed by atoms with van der Waals surface area (Å²) in [5.74, 6) is 0. The van der Waals surface area contributed by atoms with E-state index in [-0.39, 0.29) is 0 Å². The molecule has 3 rings (SSSR count). The minimum Gasteiger partial charge on any atom is -0.340 e. The Bertz CT molecular complexity index is 622. The highest BCUT2D eigenvalue weighted by atomic mass is 15.2. The van der Waals surface area contributed by atoms with Gasteiger partial charge in [-0.25, -0.2) is 0 Å². The van der Waals surface area contributed by atoms with Crippen LogP contribution < -0.4 is 10.2 Å². The molecule has 0 atom stereocenters. The zero-order valence-corrected chi connectivity index (χ0v) is 12.9. The smallest absolute Gasteiger partial charge is 0.0642 e. The summed E-state index contributed by atoms with van der Waals surface area (Å²) >= 11 is 0. The molecule has 0 fully saturated rings. The summed E-state index contributed by atoms with van der Waals surface area (Å²) < 4.78 is 0. The molecule has 2 aromatic rings. The van der Waals surface area contributed by atoms with Gasteiger partial charge < -0.3 is 10.2 Å². The average Bonchev–Trinajstić information content (AvgIpc) is 2.52. The molecule has 3 nitrogen and oxygen atoms in total. The number of anilines is 2. The average molecular weight is 281 g/mol. The maximum atomic E-state index is 4.35. The lowest BCUT2D eigenvalue weighted by atomic mass is 9.98. The maximum Gasteiger partial charge on any atom is 0.0642 e. The molecule has 1 aromatic heterocycles. The third kappa shape index (κ3) is 2.93. The molecule has 1 N–H and O–H groups in total. The van der Waals surface area contributed by atoms with Gasteiger partial charge in [-0.3, -0.25) is 4.98 Å². The number of nitrogens with zero attached hydrogens (tertiary/aromatic N) is 2. The predicted octanol–water partition coefficient (Wildman–Crippen LogP) is 3.58. The second-order valence-corrected chi connectivity index (χ2v) is 5.67. The normalized spacial score (nSPS) is 14.1. The molecule has 0 unspecified atom stereocenters. The molecule has 1 aliphatic heterocycles. The van der Waals surface area contributed by atoms with Crippen molar-refractivity contribution >= 4 is 11.4 Å². The molecule has 0 aliphatic carbocycles. The van der Waals surface area contributed by atoms with Crippen LogP contribution in [0.25, 0.3) is 0 Å². The van der Waals surface area contributed by atoms with Crippen molar-refractivity contribution in [3.05, 3.63) is 53.3 Å². The predicted molar refractivity (Wildman–Crippen MR) is 88.1 cm³/mol. The van der Waals surface area contributed by atoms with Gasteiger partial charge in [0.2, 0.25) is 0 Å². The molecular formula is C18H23N3. The van der Waals surface area contributed by atoms with Crippen LogP contribution in [-0.4, -0.2) is 18.1 Å². The number of pyridine rings is 1. The van der Waals surface area contributed by atoms with Crippen molar-refractivity contribution in [2.45, 2.75) is 33.2 Å². The lowest BCUT2D eigenvalue weighted by Gasteiger charge is -2.32. The topological polar surface area (TPSA) is 28.2 Å². The largest absolute Gasteiger partial charge is 0.340 e. The quantitative estimate of drug-likeness (QED) is 0.928. The second kappa shape index (κ2) is 6.27. The Kier molecular flexibility index (Phi) is 4.20. The minimum atomic E-state index is 0.895. The number of aromatic nitrogens is 1. The molecule has 1 aliphatic rings. The van der Waals surface area contributed by atoms with E-state index in [0.29, 0.717) is 0 Å². The first-order valence-corrected chi connectivity index (χ1v) is 7.80. The van der Waals surface area contributed by atoms with E-state index in [4.69, 9.17) is 0 Å². The van der Waals surface area contributed by atoms with E-state index in [1.807, 2.05) is 12.4 Å². The first-order chi connectivity index (χ1) is 10.3. The van der Waals surface area contributed by atoms with Gasteiger partial charge in [0.15, 0.2) is 0 Å². The van der Waals surface area contributed by atoms with Crippen molar-refractivity contribution in [3.63, 3.8) is 0 Å². The third-order valence-corrected chi connectivity index (χ3v) is 4.10. The van der Waals surface area contributed by atoms with Gasteiger partial charge in [-0.2, -0.15) is 0 Å². The summed E-state index contributed by atoms with van der Waals surface area (Å²) in [6, 6.07) is 8.91. The van der Waals surface area contributed by atoms with Crippen LogP contribution in [0.1, 0.15) is 30.0 Å². The fraction of sp³-hybridized carbons (Fsp3) is 0.389. The molecule has 0 amide bonds. The highest BCUT2D eigenvalue weighted by Crippen LogP contribution is 2.35. The molecule has 0 saturated carbocycles. The molecule has 110 valence electrons. The standard InChI is InChI=1S/C18H23N3/c1-3-19-12-16-8-9-20-13-18(16)21-10-4-5-15-11-14(2)6-7-17(15)21/h6-9,11,13,19H,3-5,10,12H2,1-2H3. The summed E-state index contributed by atoms with van der Waals surface area (Å²) in [5.41, 5.74) is 6.70. The Labute approximate surface area is 127 Å². The van der Waals surface area contributed by atoms with Crippen LogP contribution in [0.4, 0.5) is 11.4 Å². The van der Waals surface area contributed by atoms with Gasteiger partial charge in [-0.1, -0.05) is 24.6 Å². The molecule has 1 aromatic carbocycles. The molecule has 0 spiro atoms. The van der Waals surface area contributed by atoms with Crippen molar-refractivity contribution in [3.8, 4) is 0 Å². The molecule has 0 radical (unpaired) electrons. The van der Waals surface area contributed by atoms with Crippen LogP contribution in [0, 0.1) is 6.92 Å². The van der Waals surface area contributed by atoms with Crippen molar-refractivity contribution < 1.29 is 0 Å². The first kappa shape index (κ1) is 14.1. The van der Waals surface area contributed by atoms with Gasteiger partial charge in [-0.05, 0) is 49.6 Å². The SMILES string of the molecule is CCNCc1ccncc1N1CCCc2cc(C)ccc21. The molecule has 0 bridgehead atoms. The van der Waals surface area contributed by atoms with E-state index in [2.05, 4.69) is 53.3 Å². The number of hydrogen-bond acceptors (Lipinski definition) is 3. The molecule has 0 saturated heterocycles. The van der Waals surface area contributed by atoms with E-state index >= 15 is 0 Å². The van der Waals surface area contributed by atoms with E-state index in [0.717, 1.165) is 19.6 Å². The van der Waals surface area contributed by atoms with Crippen molar-refractivity contribution in [2.75, 3.05) is 18.0 Å². The van der Waals surface area contributed by atoms with Gasteiger partial charge in [0.1, 0.15) is 0 Å². The Balaban J connectivity index is 1.99. The third-order valence-electron chi connectivity index (χ3n) is 4.10. The van der Waals surface area contributed by atoms with Crippen LogP contribution >= 0.6 is 0 Å². The van der Waals surface area contributed by atoms with Crippen molar-refractivity contribution in [1.82, 2.24) is 10.3 Å². The van der Waals surface area contributed by atoms with Crippen LogP contribution in [0.3, 0.4) is 0 Å². The number of nitrogens with one attached hydrogen (secondary N) is 1. The minimum absolute atomic E-state index is 0.895. The van der Waals surface area contributed by atoms with E-state index in [1.165, 1.54) is 40.9 Å². The van der Waals surface area contributed by atoms with E-state index in [9.17, 15) is 0 Å². The zero-order valence-electron chi connectivity index (χ0n) is 12.9. The lowest BCUT2D eigenvalue weighted by molar-refractivity contribution is 0.716. The number of aryl methyl sites for hydroxylation is 2. The van der Waals surface area contributed by atoms with E-state index in [1.54, 1.807) is 0 Å². The van der Waals surface area contributed by atoms with Crippen LogP contribution in [0.15, 0.2) is 36.7 Å². The van der Waals surface area contributed by atoms with Crippen LogP contribution in [0.5, 0.6) is 0 Å². The molecular weight excluding hydrogens is 258 g/mol. The van der Waals surface area contributed by atoms with E-state index < -0.39 is 0 Å². The summed E-state index contributed by atoms with van der Waals surface area (Å²) in [7, 11) is 0. The van der Waals surface area contributed by atoms with Gasteiger partial charge in [0.05, 0.1) is 11.9 Å². The molecule has 21 heavy (non-hydrogen) atoms.